The van der Waals surface area contributed by atoms with E-state index < -0.39 is 0 Å². The first kappa shape index (κ1) is 9.20. The van der Waals surface area contributed by atoms with E-state index in [2.05, 4.69) is 4.98 Å². The van der Waals surface area contributed by atoms with E-state index in [9.17, 15) is 4.79 Å². The number of nitrogens with zero attached hydrogens (tertiary/aromatic N) is 2. The molecule has 0 aliphatic rings. The van der Waals surface area contributed by atoms with Gasteiger partial charge in [-0.25, -0.2) is 4.98 Å². The molecule has 0 unspecified atom stereocenters. The monoisotopic (exact) mass is 176 g/mol. The molecule has 0 N–H and O–H groups in total. The second-order valence-corrected chi connectivity index (χ2v) is 2.43. The minimum Gasteiger partial charge on any atom is -0.485 e. The van der Waals surface area contributed by atoms with Crippen molar-refractivity contribution in [3.8, 4) is 11.8 Å². The van der Waals surface area contributed by atoms with Crippen LogP contribution in [0.1, 0.15) is 11.3 Å². The van der Waals surface area contributed by atoms with Crippen LogP contribution >= 0.6 is 0 Å². The Kier molecular flexibility index (Phi) is 2.98. The largest absolute Gasteiger partial charge is 0.485 e. The number of rotatable bonds is 3. The van der Waals surface area contributed by atoms with Crippen molar-refractivity contribution in [2.75, 3.05) is 6.61 Å². The minimum absolute atomic E-state index is 0.00696. The van der Waals surface area contributed by atoms with Gasteiger partial charge in [-0.05, 0) is 18.6 Å². The summed E-state index contributed by atoms with van der Waals surface area (Å²) in [5.74, 6) is 0.503. The molecule has 1 heterocycles. The summed E-state index contributed by atoms with van der Waals surface area (Å²) in [5.41, 5.74) is 1.12. The van der Waals surface area contributed by atoms with Crippen LogP contribution in [-0.4, -0.2) is 17.9 Å². The summed E-state index contributed by atoms with van der Waals surface area (Å²) in [5, 5.41) is 8.58. The van der Waals surface area contributed by atoms with Crippen molar-refractivity contribution in [1.82, 2.24) is 4.98 Å². The highest BCUT2D eigenvalue weighted by Gasteiger charge is 2.00. The second-order valence-electron chi connectivity index (χ2n) is 2.43. The van der Waals surface area contributed by atoms with Gasteiger partial charge in [-0.15, -0.1) is 0 Å². The van der Waals surface area contributed by atoms with Gasteiger partial charge in [-0.1, -0.05) is 0 Å². The Bertz CT molecular complexity index is 355. The van der Waals surface area contributed by atoms with Crippen molar-refractivity contribution >= 4 is 6.29 Å². The zero-order chi connectivity index (χ0) is 9.68. The standard InChI is InChI=1S/C9H8N2O2/c1-7-4-8(13-3-2-12)6-11-9(7)5-10/h2,4,6H,3H2,1H3. The van der Waals surface area contributed by atoms with Crippen LogP contribution in [0.5, 0.6) is 5.75 Å². The number of carbonyl (C=O) groups excluding carboxylic acids is 1. The van der Waals surface area contributed by atoms with Gasteiger partial charge in [0.05, 0.1) is 6.20 Å². The van der Waals surface area contributed by atoms with Crippen LogP contribution in [-0.2, 0) is 4.79 Å². The van der Waals surface area contributed by atoms with Crippen LogP contribution in [0.3, 0.4) is 0 Å². The molecule has 0 aliphatic heterocycles. The highest BCUT2D eigenvalue weighted by Crippen LogP contribution is 2.13. The zero-order valence-corrected chi connectivity index (χ0v) is 7.15. The third-order valence-corrected chi connectivity index (χ3v) is 1.48. The molecule has 13 heavy (non-hydrogen) atoms. The number of hydrogen-bond acceptors (Lipinski definition) is 4. The fourth-order valence-corrected chi connectivity index (χ4v) is 0.875. The maximum Gasteiger partial charge on any atom is 0.157 e. The predicted octanol–water partition coefficient (Wildman–Crippen LogP) is 0.839. The van der Waals surface area contributed by atoms with Crippen LogP contribution in [0.2, 0.25) is 0 Å². The van der Waals surface area contributed by atoms with Crippen molar-refractivity contribution in [2.45, 2.75) is 6.92 Å². The fourth-order valence-electron chi connectivity index (χ4n) is 0.875. The summed E-state index contributed by atoms with van der Waals surface area (Å²) >= 11 is 0. The van der Waals surface area contributed by atoms with Crippen molar-refractivity contribution in [1.29, 1.82) is 5.26 Å². The third-order valence-electron chi connectivity index (χ3n) is 1.48. The van der Waals surface area contributed by atoms with Gasteiger partial charge in [0.2, 0.25) is 0 Å². The van der Waals surface area contributed by atoms with Gasteiger partial charge in [-0.2, -0.15) is 5.26 Å². The lowest BCUT2D eigenvalue weighted by molar-refractivity contribution is -0.109. The molecule has 0 radical (unpaired) electrons. The Morgan fingerprint density at radius 1 is 1.77 bits per heavy atom. The van der Waals surface area contributed by atoms with E-state index in [4.69, 9.17) is 10.00 Å². The van der Waals surface area contributed by atoms with E-state index in [0.717, 1.165) is 5.56 Å². The molecule has 0 aromatic carbocycles. The highest BCUT2D eigenvalue weighted by molar-refractivity contribution is 5.51. The summed E-state index contributed by atoms with van der Waals surface area (Å²) in [6, 6.07) is 3.62. The van der Waals surface area contributed by atoms with Gasteiger partial charge in [0, 0.05) is 0 Å². The fraction of sp³-hybridized carbons (Fsp3) is 0.222. The highest BCUT2D eigenvalue weighted by atomic mass is 16.5. The lowest BCUT2D eigenvalue weighted by Gasteiger charge is -2.02. The molecule has 0 spiro atoms. The molecule has 4 nitrogen and oxygen atoms in total. The molecule has 0 amide bonds. The van der Waals surface area contributed by atoms with Crippen LogP contribution in [0.25, 0.3) is 0 Å². The minimum atomic E-state index is 0.00696. The molecule has 0 saturated heterocycles. The quantitative estimate of drug-likeness (QED) is 0.640. The lowest BCUT2D eigenvalue weighted by Crippen LogP contribution is -1.99. The molecule has 0 bridgehead atoms. The molecule has 1 aromatic rings. The zero-order valence-electron chi connectivity index (χ0n) is 7.15. The van der Waals surface area contributed by atoms with Crippen molar-refractivity contribution in [3.63, 3.8) is 0 Å². The van der Waals surface area contributed by atoms with Gasteiger partial charge in [0.25, 0.3) is 0 Å². The topological polar surface area (TPSA) is 63.0 Å². The second kappa shape index (κ2) is 4.21. The molecule has 4 heteroatoms. The maximum absolute atomic E-state index is 9.99. The molecule has 66 valence electrons. The molecule has 1 aromatic heterocycles. The first-order valence-electron chi connectivity index (χ1n) is 3.71. The number of pyridine rings is 1. The molecule has 0 fully saturated rings. The van der Waals surface area contributed by atoms with E-state index in [1.54, 1.807) is 13.0 Å². The number of hydrogen-bond donors (Lipinski definition) is 0. The van der Waals surface area contributed by atoms with Crippen molar-refractivity contribution in [3.05, 3.63) is 23.5 Å². The normalized spacial score (nSPS) is 8.92. The average molecular weight is 176 g/mol. The van der Waals surface area contributed by atoms with E-state index in [1.807, 2.05) is 6.07 Å². The van der Waals surface area contributed by atoms with E-state index in [1.165, 1.54) is 6.20 Å². The predicted molar refractivity (Wildman–Crippen MR) is 45.2 cm³/mol. The number of aromatic nitrogens is 1. The lowest BCUT2D eigenvalue weighted by atomic mass is 10.2. The van der Waals surface area contributed by atoms with Crippen LogP contribution in [0.4, 0.5) is 0 Å². The average Bonchev–Trinajstić information content (AvgIpc) is 2.15. The van der Waals surface area contributed by atoms with Gasteiger partial charge < -0.3 is 4.74 Å². The first-order valence-corrected chi connectivity index (χ1v) is 3.71. The summed E-state index contributed by atoms with van der Waals surface area (Å²) in [7, 11) is 0. The van der Waals surface area contributed by atoms with Gasteiger partial charge in [0.15, 0.2) is 6.29 Å². The number of nitriles is 1. The summed E-state index contributed by atoms with van der Waals surface area (Å²) in [6.07, 6.45) is 2.09. The molecular weight excluding hydrogens is 168 g/mol. The number of ether oxygens (including phenoxy) is 1. The Hall–Kier alpha value is -1.89. The first-order chi connectivity index (χ1) is 6.27. The Morgan fingerprint density at radius 2 is 2.54 bits per heavy atom. The number of aldehydes is 1. The molecular formula is C9H8N2O2. The molecule has 0 saturated carbocycles. The van der Waals surface area contributed by atoms with Crippen molar-refractivity contribution < 1.29 is 9.53 Å². The molecule has 0 aliphatic carbocycles. The van der Waals surface area contributed by atoms with Gasteiger partial charge >= 0.3 is 0 Å². The van der Waals surface area contributed by atoms with Crippen LogP contribution < -0.4 is 4.74 Å². The van der Waals surface area contributed by atoms with Gasteiger partial charge in [-0.3, -0.25) is 4.79 Å². The molecule has 0 atom stereocenters. The summed E-state index contributed by atoms with van der Waals surface area (Å²) in [6.45, 7) is 1.77. The molecule has 1 rings (SSSR count). The maximum atomic E-state index is 9.99. The third kappa shape index (κ3) is 2.27. The summed E-state index contributed by atoms with van der Waals surface area (Å²) in [4.78, 5) is 13.8. The van der Waals surface area contributed by atoms with E-state index >= 15 is 0 Å². The SMILES string of the molecule is Cc1cc(OCC=O)cnc1C#N. The Labute approximate surface area is 75.8 Å². The number of carbonyl (C=O) groups is 1. The Morgan fingerprint density at radius 3 is 3.08 bits per heavy atom. The number of aryl methyl sites for hydroxylation is 1. The van der Waals surface area contributed by atoms with E-state index in [0.29, 0.717) is 17.7 Å². The van der Waals surface area contributed by atoms with Crippen LogP contribution in [0.15, 0.2) is 12.3 Å². The van der Waals surface area contributed by atoms with E-state index in [-0.39, 0.29) is 6.61 Å². The summed E-state index contributed by atoms with van der Waals surface area (Å²) < 4.78 is 5.00. The smallest absolute Gasteiger partial charge is 0.157 e. The van der Waals surface area contributed by atoms with Crippen LogP contribution in [0, 0.1) is 18.3 Å². The Balaban J connectivity index is 2.84. The van der Waals surface area contributed by atoms with Crippen molar-refractivity contribution in [2.24, 2.45) is 0 Å². The van der Waals surface area contributed by atoms with Gasteiger partial charge in [0.1, 0.15) is 24.1 Å².